The molecule has 0 bridgehead atoms. The lowest BCUT2D eigenvalue weighted by Crippen LogP contribution is -2.42. The fourth-order valence-electron chi connectivity index (χ4n) is 2.83. The van der Waals surface area contributed by atoms with Crippen LogP contribution in [0.4, 0.5) is 5.69 Å². The number of anilines is 1. The predicted molar refractivity (Wildman–Crippen MR) is 111 cm³/mol. The molecular weight excluding hydrogens is 360 g/mol. The quantitative estimate of drug-likeness (QED) is 0.575. The number of aliphatic carboxylic acids is 1. The van der Waals surface area contributed by atoms with Crippen LogP contribution in [-0.4, -0.2) is 34.5 Å². The summed E-state index contributed by atoms with van der Waals surface area (Å²) in [5, 5.41) is 12.2. The predicted octanol–water partition coefficient (Wildman–Crippen LogP) is 3.38. The van der Waals surface area contributed by atoms with Crippen LogP contribution in [0, 0.1) is 0 Å². The highest BCUT2D eigenvalue weighted by Crippen LogP contribution is 2.18. The van der Waals surface area contributed by atoms with Gasteiger partial charge in [-0.3, -0.25) is 4.79 Å². The number of nitrogen functional groups attached to an aromatic ring is 1. The molecule has 4 N–H and O–H groups in total. The van der Waals surface area contributed by atoms with Crippen molar-refractivity contribution in [2.45, 2.75) is 37.5 Å². The monoisotopic (exact) mass is 386 g/mol. The van der Waals surface area contributed by atoms with Crippen LogP contribution in [-0.2, 0) is 17.6 Å². The first-order chi connectivity index (χ1) is 12.9. The summed E-state index contributed by atoms with van der Waals surface area (Å²) in [5.74, 6) is -1.43. The molecule has 0 spiro atoms. The average molecular weight is 387 g/mol. The molecule has 0 saturated heterocycles. The second-order valence-corrected chi connectivity index (χ2v) is 7.82. The Labute approximate surface area is 164 Å². The summed E-state index contributed by atoms with van der Waals surface area (Å²) in [7, 11) is 0. The van der Waals surface area contributed by atoms with E-state index in [-0.39, 0.29) is 5.25 Å². The minimum absolute atomic E-state index is 0.129. The number of carbonyl (C=O) groups excluding carboxylic acids is 1. The van der Waals surface area contributed by atoms with Crippen molar-refractivity contribution in [3.8, 4) is 0 Å². The van der Waals surface area contributed by atoms with E-state index in [2.05, 4.69) is 5.32 Å². The molecule has 2 atom stereocenters. The molecule has 6 heteroatoms. The third kappa shape index (κ3) is 6.32. The van der Waals surface area contributed by atoms with Crippen molar-refractivity contribution in [2.24, 2.45) is 0 Å². The van der Waals surface area contributed by atoms with Gasteiger partial charge >= 0.3 is 5.97 Å². The van der Waals surface area contributed by atoms with Crippen molar-refractivity contribution in [3.05, 3.63) is 65.2 Å². The number of nitrogens with two attached hydrogens (primary N) is 1. The van der Waals surface area contributed by atoms with Crippen LogP contribution < -0.4 is 11.1 Å². The summed E-state index contributed by atoms with van der Waals surface area (Å²) in [5.41, 5.74) is 8.82. The summed E-state index contributed by atoms with van der Waals surface area (Å²) in [6.45, 7) is 1.94. The first-order valence-electron chi connectivity index (χ1n) is 8.89. The molecule has 144 valence electrons. The van der Waals surface area contributed by atoms with Crippen LogP contribution in [0.1, 0.15) is 34.8 Å². The topological polar surface area (TPSA) is 92.4 Å². The first-order valence-corrected chi connectivity index (χ1v) is 10.2. The molecule has 2 rings (SSSR count). The maximum absolute atomic E-state index is 12.8. The highest BCUT2D eigenvalue weighted by Gasteiger charge is 2.24. The number of thioether (sulfide) groups is 1. The number of rotatable bonds is 9. The second kappa shape index (κ2) is 10.0. The van der Waals surface area contributed by atoms with Gasteiger partial charge in [0.05, 0.1) is 0 Å². The van der Waals surface area contributed by atoms with Crippen LogP contribution in [0.5, 0.6) is 0 Å². The minimum atomic E-state index is -1.03. The van der Waals surface area contributed by atoms with Gasteiger partial charge in [-0.2, -0.15) is 11.8 Å². The zero-order chi connectivity index (χ0) is 19.8. The van der Waals surface area contributed by atoms with Gasteiger partial charge in [0.25, 0.3) is 5.91 Å². The molecule has 27 heavy (non-hydrogen) atoms. The summed E-state index contributed by atoms with van der Waals surface area (Å²) in [6.07, 6.45) is 3.75. The van der Waals surface area contributed by atoms with Crippen LogP contribution in [0.15, 0.2) is 48.5 Å². The minimum Gasteiger partial charge on any atom is -0.480 e. The van der Waals surface area contributed by atoms with E-state index in [0.29, 0.717) is 24.1 Å². The smallest absolute Gasteiger partial charge is 0.326 e. The van der Waals surface area contributed by atoms with E-state index in [1.54, 1.807) is 23.9 Å². The van der Waals surface area contributed by atoms with Gasteiger partial charge < -0.3 is 16.2 Å². The Balaban J connectivity index is 2.16. The number of carboxylic acids is 1. The van der Waals surface area contributed by atoms with Gasteiger partial charge in [0.2, 0.25) is 0 Å². The van der Waals surface area contributed by atoms with E-state index < -0.39 is 17.9 Å². The number of aryl methyl sites for hydroxylation is 2. The Morgan fingerprint density at radius 2 is 1.85 bits per heavy atom. The molecule has 0 aliphatic rings. The highest BCUT2D eigenvalue weighted by atomic mass is 32.2. The first kappa shape index (κ1) is 20.8. The van der Waals surface area contributed by atoms with Crippen molar-refractivity contribution < 1.29 is 14.7 Å². The SMILES string of the molecule is CSC(C)C[C@H](NC(=O)c1cc(N)ccc1CCc1ccccc1)C(=O)O. The summed E-state index contributed by atoms with van der Waals surface area (Å²) in [6, 6.07) is 14.3. The van der Waals surface area contributed by atoms with E-state index in [9.17, 15) is 14.7 Å². The van der Waals surface area contributed by atoms with E-state index in [4.69, 9.17) is 5.73 Å². The number of benzene rings is 2. The van der Waals surface area contributed by atoms with E-state index >= 15 is 0 Å². The lowest BCUT2D eigenvalue weighted by Gasteiger charge is -2.19. The molecular formula is C21H26N2O3S. The van der Waals surface area contributed by atoms with Crippen molar-refractivity contribution >= 4 is 29.3 Å². The fourth-order valence-corrected chi connectivity index (χ4v) is 3.22. The van der Waals surface area contributed by atoms with Gasteiger partial charge in [-0.1, -0.05) is 43.3 Å². The number of hydrogen-bond donors (Lipinski definition) is 3. The number of amides is 1. The lowest BCUT2D eigenvalue weighted by atomic mass is 9.98. The van der Waals surface area contributed by atoms with Gasteiger partial charge in [-0.25, -0.2) is 4.79 Å². The molecule has 0 heterocycles. The zero-order valence-corrected chi connectivity index (χ0v) is 16.5. The molecule has 1 amide bonds. The summed E-state index contributed by atoms with van der Waals surface area (Å²) >= 11 is 1.57. The maximum Gasteiger partial charge on any atom is 0.326 e. The number of carbonyl (C=O) groups is 2. The zero-order valence-electron chi connectivity index (χ0n) is 15.6. The van der Waals surface area contributed by atoms with Crippen molar-refractivity contribution in [1.29, 1.82) is 0 Å². The third-order valence-electron chi connectivity index (χ3n) is 4.48. The Hall–Kier alpha value is -2.47. The molecule has 2 aromatic carbocycles. The Kier molecular flexibility index (Phi) is 7.73. The molecule has 0 radical (unpaired) electrons. The van der Waals surface area contributed by atoms with Gasteiger partial charge in [0, 0.05) is 16.5 Å². The van der Waals surface area contributed by atoms with Gasteiger partial charge in [-0.15, -0.1) is 0 Å². The molecule has 0 fully saturated rings. The second-order valence-electron chi connectivity index (χ2n) is 6.55. The highest BCUT2D eigenvalue weighted by molar-refractivity contribution is 7.99. The number of nitrogens with one attached hydrogen (secondary N) is 1. The molecule has 1 unspecified atom stereocenters. The third-order valence-corrected chi connectivity index (χ3v) is 5.47. The normalized spacial score (nSPS) is 13.0. The van der Waals surface area contributed by atoms with E-state index in [1.165, 1.54) is 5.56 Å². The molecule has 0 aromatic heterocycles. The molecule has 0 aliphatic carbocycles. The Morgan fingerprint density at radius 3 is 2.48 bits per heavy atom. The van der Waals surface area contributed by atoms with Crippen molar-refractivity contribution in [3.63, 3.8) is 0 Å². The largest absolute Gasteiger partial charge is 0.480 e. The van der Waals surface area contributed by atoms with E-state index in [0.717, 1.165) is 12.0 Å². The molecule has 2 aromatic rings. The van der Waals surface area contributed by atoms with Gasteiger partial charge in [0.15, 0.2) is 0 Å². The lowest BCUT2D eigenvalue weighted by molar-refractivity contribution is -0.139. The van der Waals surface area contributed by atoms with Crippen LogP contribution in [0.25, 0.3) is 0 Å². The van der Waals surface area contributed by atoms with E-state index in [1.807, 2.05) is 49.6 Å². The molecule has 5 nitrogen and oxygen atoms in total. The molecule has 0 aliphatic heterocycles. The average Bonchev–Trinajstić information content (AvgIpc) is 2.66. The summed E-state index contributed by atoms with van der Waals surface area (Å²) < 4.78 is 0. The van der Waals surface area contributed by atoms with Gasteiger partial charge in [-0.05, 0) is 48.8 Å². The Morgan fingerprint density at radius 1 is 1.15 bits per heavy atom. The summed E-state index contributed by atoms with van der Waals surface area (Å²) in [4.78, 5) is 24.3. The fraction of sp³-hybridized carbons (Fsp3) is 0.333. The standard InChI is InChI=1S/C21H26N2O3S/c1-14(27-2)12-19(21(25)26)23-20(24)18-13-17(22)11-10-16(18)9-8-15-6-4-3-5-7-15/h3-7,10-11,13-14,19H,8-9,12,22H2,1-2H3,(H,23,24)(H,25,26)/t14?,19-/m0/s1. The van der Waals surface area contributed by atoms with Gasteiger partial charge in [0.1, 0.15) is 6.04 Å². The van der Waals surface area contributed by atoms with Crippen molar-refractivity contribution in [1.82, 2.24) is 5.32 Å². The molecule has 0 saturated carbocycles. The number of carboxylic acid groups (broad SMARTS) is 1. The van der Waals surface area contributed by atoms with Crippen LogP contribution in [0.2, 0.25) is 0 Å². The maximum atomic E-state index is 12.8. The van der Waals surface area contributed by atoms with Crippen LogP contribution >= 0.6 is 11.8 Å². The number of hydrogen-bond acceptors (Lipinski definition) is 4. The van der Waals surface area contributed by atoms with Crippen molar-refractivity contribution in [2.75, 3.05) is 12.0 Å². The van der Waals surface area contributed by atoms with Crippen LogP contribution in [0.3, 0.4) is 0 Å². The Bertz CT molecular complexity index is 780.